The lowest BCUT2D eigenvalue weighted by atomic mass is 10.0. The molecule has 3 N–H and O–H groups in total. The number of carbonyl (C=O) groups excluding carboxylic acids is 1. The number of benzene rings is 2. The van der Waals surface area contributed by atoms with E-state index in [1.54, 1.807) is 12.1 Å². The highest BCUT2D eigenvalue weighted by Crippen LogP contribution is 2.19. The van der Waals surface area contributed by atoms with Crippen molar-refractivity contribution in [3.8, 4) is 0 Å². The van der Waals surface area contributed by atoms with Gasteiger partial charge in [0, 0.05) is 19.2 Å². The lowest BCUT2D eigenvalue weighted by molar-refractivity contribution is -0.149. The van der Waals surface area contributed by atoms with Gasteiger partial charge in [0.15, 0.2) is 0 Å². The van der Waals surface area contributed by atoms with E-state index in [1.807, 2.05) is 0 Å². The zero-order chi connectivity index (χ0) is 22.6. The molecule has 8 nitrogen and oxygen atoms in total. The molecule has 0 aromatic heterocycles. The van der Waals surface area contributed by atoms with Gasteiger partial charge in [-0.2, -0.15) is 0 Å². The van der Waals surface area contributed by atoms with Gasteiger partial charge in [0.2, 0.25) is 5.91 Å². The first-order valence-corrected chi connectivity index (χ1v) is 11.3. The van der Waals surface area contributed by atoms with Gasteiger partial charge >= 0.3 is 5.97 Å². The average Bonchev–Trinajstić information content (AvgIpc) is 3.27. The first kappa shape index (κ1) is 22.7. The minimum atomic E-state index is -3.88. The van der Waals surface area contributed by atoms with Crippen LogP contribution in [-0.2, 0) is 26.0 Å². The smallest absolute Gasteiger partial charge is 0.326 e. The molecule has 0 radical (unpaired) electrons. The van der Waals surface area contributed by atoms with Crippen molar-refractivity contribution in [2.45, 2.75) is 36.2 Å². The molecule has 1 aliphatic rings. The van der Waals surface area contributed by atoms with E-state index >= 15 is 0 Å². The number of nitrogens with zero attached hydrogens (tertiary/aromatic N) is 1. The van der Waals surface area contributed by atoms with Crippen molar-refractivity contribution in [2.75, 3.05) is 18.3 Å². The van der Waals surface area contributed by atoms with E-state index in [2.05, 4.69) is 10.0 Å². The van der Waals surface area contributed by atoms with E-state index in [-0.39, 0.29) is 29.0 Å². The SMILES string of the molecule is CN(C(=O)[C@@H]1CCCN1)[C@@H](Cc1ccc(NS(=O)(=O)c2ccc(F)cc2)cc1)C(=O)O. The van der Waals surface area contributed by atoms with E-state index in [0.717, 1.165) is 37.2 Å². The molecule has 166 valence electrons. The van der Waals surface area contributed by atoms with Crippen molar-refractivity contribution < 1.29 is 27.5 Å². The van der Waals surface area contributed by atoms with Crippen LogP contribution in [0.1, 0.15) is 18.4 Å². The van der Waals surface area contributed by atoms with E-state index < -0.39 is 27.9 Å². The van der Waals surface area contributed by atoms with Gasteiger partial charge in [0.05, 0.1) is 10.9 Å². The van der Waals surface area contributed by atoms with Crippen LogP contribution in [-0.4, -0.2) is 56.0 Å². The van der Waals surface area contributed by atoms with Crippen molar-refractivity contribution in [2.24, 2.45) is 0 Å². The van der Waals surface area contributed by atoms with E-state index in [0.29, 0.717) is 12.0 Å². The largest absolute Gasteiger partial charge is 0.480 e. The normalized spacial score (nSPS) is 17.2. The van der Waals surface area contributed by atoms with Crippen LogP contribution in [0.4, 0.5) is 10.1 Å². The molecule has 1 fully saturated rings. The number of hydrogen-bond donors (Lipinski definition) is 3. The Kier molecular flexibility index (Phi) is 6.91. The molecule has 10 heteroatoms. The highest BCUT2D eigenvalue weighted by Gasteiger charge is 2.32. The molecule has 0 spiro atoms. The summed E-state index contributed by atoms with van der Waals surface area (Å²) in [6.07, 6.45) is 1.63. The van der Waals surface area contributed by atoms with Gasteiger partial charge in [-0.05, 0) is 61.3 Å². The summed E-state index contributed by atoms with van der Waals surface area (Å²) in [5.74, 6) is -1.91. The summed E-state index contributed by atoms with van der Waals surface area (Å²) in [5.41, 5.74) is 0.913. The molecule has 0 unspecified atom stereocenters. The number of anilines is 1. The maximum absolute atomic E-state index is 13.0. The van der Waals surface area contributed by atoms with Crippen molar-refractivity contribution in [3.05, 3.63) is 59.9 Å². The molecule has 1 heterocycles. The summed E-state index contributed by atoms with van der Waals surface area (Å²) in [6.45, 7) is 0.733. The standard InChI is InChI=1S/C21H24FN3O5S/c1-25(20(26)18-3-2-12-23-18)19(21(27)28)13-14-4-8-16(9-5-14)24-31(29,30)17-10-6-15(22)7-11-17/h4-11,18-19,23-24H,2-3,12-13H2,1H3,(H,27,28)/t18-,19-/m0/s1. The number of carboxylic acids is 1. The first-order chi connectivity index (χ1) is 14.7. The van der Waals surface area contributed by atoms with Crippen molar-refractivity contribution >= 4 is 27.6 Å². The quantitative estimate of drug-likeness (QED) is 0.566. The number of carboxylic acid groups (broad SMARTS) is 1. The number of hydrogen-bond acceptors (Lipinski definition) is 5. The summed E-state index contributed by atoms with van der Waals surface area (Å²) >= 11 is 0. The molecule has 1 aliphatic heterocycles. The van der Waals surface area contributed by atoms with Gasteiger partial charge in [-0.1, -0.05) is 12.1 Å². The van der Waals surface area contributed by atoms with Crippen LogP contribution in [0.25, 0.3) is 0 Å². The molecule has 0 aliphatic carbocycles. The number of sulfonamides is 1. The summed E-state index contributed by atoms with van der Waals surface area (Å²) in [4.78, 5) is 25.5. The monoisotopic (exact) mass is 449 g/mol. The molecule has 0 saturated carbocycles. The summed E-state index contributed by atoms with van der Waals surface area (Å²) in [6, 6.07) is 9.25. The molecule has 1 amide bonds. The first-order valence-electron chi connectivity index (χ1n) is 9.77. The molecule has 1 saturated heterocycles. The maximum Gasteiger partial charge on any atom is 0.326 e. The molecule has 3 rings (SSSR count). The fourth-order valence-electron chi connectivity index (χ4n) is 3.44. The summed E-state index contributed by atoms with van der Waals surface area (Å²) < 4.78 is 40.2. The number of aliphatic carboxylic acids is 1. The number of halogens is 1. The third-order valence-electron chi connectivity index (χ3n) is 5.22. The Morgan fingerprint density at radius 1 is 1.19 bits per heavy atom. The number of amides is 1. The topological polar surface area (TPSA) is 116 Å². The molecular weight excluding hydrogens is 425 g/mol. The Morgan fingerprint density at radius 2 is 1.84 bits per heavy atom. The fourth-order valence-corrected chi connectivity index (χ4v) is 4.50. The second-order valence-electron chi connectivity index (χ2n) is 7.41. The van der Waals surface area contributed by atoms with Crippen molar-refractivity contribution in [1.29, 1.82) is 0 Å². The van der Waals surface area contributed by atoms with Crippen LogP contribution in [0.5, 0.6) is 0 Å². The lowest BCUT2D eigenvalue weighted by Gasteiger charge is -2.27. The molecule has 2 aromatic rings. The fraction of sp³-hybridized carbons (Fsp3) is 0.333. The van der Waals surface area contributed by atoms with E-state index in [1.165, 1.54) is 24.1 Å². The minimum Gasteiger partial charge on any atom is -0.480 e. The van der Waals surface area contributed by atoms with Crippen LogP contribution < -0.4 is 10.0 Å². The molecule has 2 atom stereocenters. The Balaban J connectivity index is 1.68. The predicted octanol–water partition coefficient (Wildman–Crippen LogP) is 1.83. The molecule has 0 bridgehead atoms. The average molecular weight is 450 g/mol. The minimum absolute atomic E-state index is 0.0787. The van der Waals surface area contributed by atoms with Crippen molar-refractivity contribution in [3.63, 3.8) is 0 Å². The van der Waals surface area contributed by atoms with E-state index in [4.69, 9.17) is 0 Å². The maximum atomic E-state index is 13.0. The Bertz CT molecular complexity index is 1040. The molecule has 31 heavy (non-hydrogen) atoms. The number of carbonyl (C=O) groups is 2. The second-order valence-corrected chi connectivity index (χ2v) is 9.09. The van der Waals surface area contributed by atoms with Crippen LogP contribution in [0.3, 0.4) is 0 Å². The third kappa shape index (κ3) is 5.59. The number of nitrogens with one attached hydrogen (secondary N) is 2. The van der Waals surface area contributed by atoms with Crippen LogP contribution in [0.2, 0.25) is 0 Å². The molecular formula is C21H24FN3O5S. The third-order valence-corrected chi connectivity index (χ3v) is 6.61. The zero-order valence-corrected chi connectivity index (χ0v) is 17.7. The highest BCUT2D eigenvalue weighted by molar-refractivity contribution is 7.92. The van der Waals surface area contributed by atoms with Crippen molar-refractivity contribution in [1.82, 2.24) is 10.2 Å². The van der Waals surface area contributed by atoms with Gasteiger partial charge in [-0.25, -0.2) is 17.6 Å². The van der Waals surface area contributed by atoms with Crippen LogP contribution in [0, 0.1) is 5.82 Å². The van der Waals surface area contributed by atoms with Crippen LogP contribution in [0.15, 0.2) is 53.4 Å². The van der Waals surface area contributed by atoms with Gasteiger partial charge in [0.1, 0.15) is 11.9 Å². The Labute approximate surface area is 180 Å². The molecule has 2 aromatic carbocycles. The van der Waals surface area contributed by atoms with E-state index in [9.17, 15) is 27.5 Å². The van der Waals surface area contributed by atoms with Gasteiger partial charge in [-0.3, -0.25) is 9.52 Å². The predicted molar refractivity (Wildman–Crippen MR) is 113 cm³/mol. The second kappa shape index (κ2) is 9.44. The summed E-state index contributed by atoms with van der Waals surface area (Å²) in [5, 5.41) is 12.7. The van der Waals surface area contributed by atoms with Gasteiger partial charge in [0.25, 0.3) is 10.0 Å². The van der Waals surface area contributed by atoms with Gasteiger partial charge < -0.3 is 15.3 Å². The Hall–Kier alpha value is -2.98. The zero-order valence-electron chi connectivity index (χ0n) is 16.9. The van der Waals surface area contributed by atoms with Crippen LogP contribution >= 0.6 is 0 Å². The van der Waals surface area contributed by atoms with Gasteiger partial charge in [-0.15, -0.1) is 0 Å². The highest BCUT2D eigenvalue weighted by atomic mass is 32.2. The summed E-state index contributed by atoms with van der Waals surface area (Å²) in [7, 11) is -2.41. The lowest BCUT2D eigenvalue weighted by Crippen LogP contribution is -2.50. The number of rotatable bonds is 8. The Morgan fingerprint density at radius 3 is 2.39 bits per heavy atom. The number of likely N-dealkylation sites (N-methyl/N-ethyl adjacent to an activating group) is 1.